The molecule has 38 heavy (non-hydrogen) atoms. The SMILES string of the molecule is C#[N+]C(C1C(F)(F)C(F)(F)C(F)(F)C1(F)F)S(=O)(=O)C(F)(F)C(F)(F)C(F)(F)S(=O)(=O)NC(=O)CCCC. The van der Waals surface area contributed by atoms with Gasteiger partial charge in [-0.05, 0) is 6.42 Å². The highest BCUT2D eigenvalue weighted by Gasteiger charge is 2.98. The van der Waals surface area contributed by atoms with E-state index in [1.807, 2.05) is 0 Å². The van der Waals surface area contributed by atoms with Crippen LogP contribution in [0.2, 0.25) is 0 Å². The minimum Gasteiger partial charge on any atom is -0.274 e. The van der Waals surface area contributed by atoms with Gasteiger partial charge in [0.2, 0.25) is 5.91 Å². The normalized spacial score (nSPS) is 22.5. The Morgan fingerprint density at radius 3 is 1.61 bits per heavy atom. The quantitative estimate of drug-likeness (QED) is 0.362. The second kappa shape index (κ2) is 9.22. The van der Waals surface area contributed by atoms with E-state index in [1.165, 1.54) is 11.8 Å². The lowest BCUT2D eigenvalue weighted by molar-refractivity contribution is -0.303. The summed E-state index contributed by atoms with van der Waals surface area (Å²) in [4.78, 5) is 12.7. The van der Waals surface area contributed by atoms with Crippen molar-refractivity contribution in [1.82, 2.24) is 4.72 Å². The second-order valence-electron chi connectivity index (χ2n) is 7.70. The molecule has 0 bridgehead atoms. The monoisotopic (exact) mass is 631 g/mol. The van der Waals surface area contributed by atoms with E-state index in [1.54, 1.807) is 0 Å². The minimum absolute atomic E-state index is 0.0643. The van der Waals surface area contributed by atoms with Crippen LogP contribution >= 0.6 is 0 Å². The average Bonchev–Trinajstić information content (AvgIpc) is 2.80. The van der Waals surface area contributed by atoms with Crippen molar-refractivity contribution >= 4 is 25.8 Å². The maximum atomic E-state index is 14.3. The Morgan fingerprint density at radius 1 is 0.868 bits per heavy atom. The maximum Gasteiger partial charge on any atom is 0.433 e. The lowest BCUT2D eigenvalue weighted by atomic mass is 10.0. The smallest absolute Gasteiger partial charge is 0.274 e. The van der Waals surface area contributed by atoms with Crippen LogP contribution < -0.4 is 4.72 Å². The van der Waals surface area contributed by atoms with E-state index in [2.05, 4.69) is 6.57 Å². The number of carbonyl (C=O) groups is 1. The number of nitrogens with zero attached hydrogens (tertiary/aromatic N) is 1. The number of hydrogen-bond donors (Lipinski definition) is 1. The zero-order valence-corrected chi connectivity index (χ0v) is 19.6. The predicted molar refractivity (Wildman–Crippen MR) is 95.7 cm³/mol. The number of sulfone groups is 1. The molecule has 1 aliphatic carbocycles. The molecule has 1 saturated carbocycles. The number of amides is 1. The van der Waals surface area contributed by atoms with Gasteiger partial charge in [-0.1, -0.05) is 18.2 Å². The Morgan fingerprint density at radius 2 is 1.26 bits per heavy atom. The maximum absolute atomic E-state index is 14.3. The van der Waals surface area contributed by atoms with Gasteiger partial charge in [0, 0.05) is 6.42 Å². The molecule has 1 amide bonds. The first-order valence-corrected chi connectivity index (χ1v) is 12.4. The Bertz CT molecular complexity index is 1180. The molecule has 1 fully saturated rings. The van der Waals surface area contributed by atoms with Crippen molar-refractivity contribution in [2.24, 2.45) is 5.92 Å². The Labute approximate surface area is 203 Å². The number of sulfonamides is 1. The van der Waals surface area contributed by atoms with E-state index in [4.69, 9.17) is 0 Å². The van der Waals surface area contributed by atoms with E-state index in [0.717, 1.165) is 0 Å². The molecule has 1 unspecified atom stereocenters. The van der Waals surface area contributed by atoms with Crippen LogP contribution in [0, 0.1) is 12.5 Å². The highest BCUT2D eigenvalue weighted by molar-refractivity contribution is 7.93. The van der Waals surface area contributed by atoms with Gasteiger partial charge in [0.05, 0.1) is 0 Å². The molecule has 0 spiro atoms. The van der Waals surface area contributed by atoms with Crippen molar-refractivity contribution in [3.05, 3.63) is 4.85 Å². The molecule has 1 atom stereocenters. The van der Waals surface area contributed by atoms with Gasteiger partial charge in [-0.2, -0.15) is 69.9 Å². The molecular formula is C15H13F14N2O5S2+. The molecule has 0 aromatic carbocycles. The largest absolute Gasteiger partial charge is 0.433 e. The summed E-state index contributed by atoms with van der Waals surface area (Å²) in [7, 11) is -15.7. The van der Waals surface area contributed by atoms with Crippen LogP contribution in [0.3, 0.4) is 0 Å². The van der Waals surface area contributed by atoms with Crippen molar-refractivity contribution in [3.63, 3.8) is 0 Å². The summed E-state index contributed by atoms with van der Waals surface area (Å²) in [6.07, 6.45) is -1.21. The number of rotatable bonds is 10. The van der Waals surface area contributed by atoms with Crippen LogP contribution in [0.15, 0.2) is 0 Å². The van der Waals surface area contributed by atoms with Crippen molar-refractivity contribution in [1.29, 1.82) is 0 Å². The Kier molecular flexibility index (Phi) is 8.23. The molecule has 0 aromatic heterocycles. The number of carbonyl (C=O) groups excluding carboxylic acids is 1. The van der Waals surface area contributed by atoms with E-state index in [0.29, 0.717) is 0 Å². The van der Waals surface area contributed by atoms with Gasteiger partial charge in [0.25, 0.3) is 6.57 Å². The van der Waals surface area contributed by atoms with E-state index >= 15 is 0 Å². The highest BCUT2D eigenvalue weighted by atomic mass is 32.2. The standard InChI is InChI=1S/C15H12F14N2O5S2/c1-3-4-5-6(32)31-38(35,36)15(28,29)13(24,25)14(26,27)37(33,34)8(30-2)7-9(16,17)11(20,21)12(22,23)10(7,18)19/h2,7-8H,3-5H2,1H3/p+1. The number of unbranched alkanes of at least 4 members (excludes halogenated alkanes) is 1. The molecule has 0 aliphatic heterocycles. The number of nitrogens with one attached hydrogen (secondary N) is 1. The fourth-order valence-electron chi connectivity index (χ4n) is 3.01. The molecular weight excluding hydrogens is 618 g/mol. The summed E-state index contributed by atoms with van der Waals surface area (Å²) >= 11 is 0. The molecule has 1 N–H and O–H groups in total. The van der Waals surface area contributed by atoms with E-state index in [-0.39, 0.29) is 17.6 Å². The van der Waals surface area contributed by atoms with E-state index in [9.17, 15) is 83.1 Å². The zero-order chi connectivity index (χ0) is 30.8. The topological polar surface area (TPSA) is 102 Å². The third-order valence-corrected chi connectivity index (χ3v) is 8.62. The van der Waals surface area contributed by atoms with Crippen LogP contribution in [0.1, 0.15) is 26.2 Å². The first kappa shape index (κ1) is 33.9. The van der Waals surface area contributed by atoms with E-state index < -0.39 is 83.6 Å². The summed E-state index contributed by atoms with van der Waals surface area (Å²) in [6, 6.07) is 0. The van der Waals surface area contributed by atoms with Crippen LogP contribution in [0.4, 0.5) is 61.5 Å². The first-order valence-electron chi connectivity index (χ1n) is 9.35. The van der Waals surface area contributed by atoms with Gasteiger partial charge in [-0.15, -0.1) is 0 Å². The molecule has 1 aliphatic rings. The molecule has 0 heterocycles. The number of hydrogen-bond acceptors (Lipinski definition) is 5. The molecule has 23 heteroatoms. The van der Waals surface area contributed by atoms with Crippen molar-refractivity contribution in [2.75, 3.05) is 0 Å². The predicted octanol–water partition coefficient (Wildman–Crippen LogP) is 4.32. The first-order chi connectivity index (χ1) is 16.5. The average molecular weight is 631 g/mol. The van der Waals surface area contributed by atoms with Gasteiger partial charge < -0.3 is 0 Å². The van der Waals surface area contributed by atoms with Crippen LogP contribution in [0.25, 0.3) is 4.85 Å². The number of halogens is 14. The molecule has 7 nitrogen and oxygen atoms in total. The lowest BCUT2D eigenvalue weighted by Crippen LogP contribution is -2.65. The molecule has 0 saturated heterocycles. The number of alkyl halides is 14. The summed E-state index contributed by atoms with van der Waals surface area (Å²) in [5.41, 5.74) is 0. The van der Waals surface area contributed by atoms with Crippen LogP contribution in [-0.2, 0) is 24.7 Å². The summed E-state index contributed by atoms with van der Waals surface area (Å²) in [6.45, 7) is 5.40. The van der Waals surface area contributed by atoms with Crippen molar-refractivity contribution < 1.29 is 83.1 Å². The fraction of sp³-hybridized carbons (Fsp3) is 0.867. The van der Waals surface area contributed by atoms with Gasteiger partial charge in [0.1, 0.15) is 0 Å². The second-order valence-corrected chi connectivity index (χ2v) is 11.5. The summed E-state index contributed by atoms with van der Waals surface area (Å²) in [5, 5.41) is -20.5. The zero-order valence-electron chi connectivity index (χ0n) is 17.9. The molecule has 1 rings (SSSR count). The molecule has 0 aromatic rings. The Hall–Kier alpha value is -2.12. The molecule has 0 radical (unpaired) electrons. The van der Waals surface area contributed by atoms with Gasteiger partial charge in [-0.3, -0.25) is 4.79 Å². The lowest BCUT2D eigenvalue weighted by Gasteiger charge is -2.32. The molecule has 222 valence electrons. The van der Waals surface area contributed by atoms with Gasteiger partial charge >= 0.3 is 65.4 Å². The van der Waals surface area contributed by atoms with Gasteiger partial charge in [-0.25, -0.2) is 13.1 Å². The van der Waals surface area contributed by atoms with Crippen LogP contribution in [0.5, 0.6) is 0 Å². The Balaban J connectivity index is 3.77. The fourth-order valence-corrected chi connectivity index (χ4v) is 5.72. The third-order valence-electron chi connectivity index (χ3n) is 5.19. The van der Waals surface area contributed by atoms with Crippen molar-refractivity contribution in [2.45, 2.75) is 71.7 Å². The van der Waals surface area contributed by atoms with Gasteiger partial charge in [0.15, 0.2) is 5.92 Å². The summed E-state index contributed by atoms with van der Waals surface area (Å²) in [5.74, 6) is -44.3. The van der Waals surface area contributed by atoms with Crippen molar-refractivity contribution in [3.8, 4) is 6.57 Å². The highest BCUT2D eigenvalue weighted by Crippen LogP contribution is 2.68. The summed E-state index contributed by atoms with van der Waals surface area (Å²) < 4.78 is 242. The third kappa shape index (κ3) is 4.16. The van der Waals surface area contributed by atoms with Crippen LogP contribution in [-0.4, -0.2) is 68.2 Å². The minimum atomic E-state index is -8.38.